The Balaban J connectivity index is 1.60. The number of pyridine rings is 1. The van der Waals surface area contributed by atoms with Gasteiger partial charge in [0.25, 0.3) is 5.56 Å². The summed E-state index contributed by atoms with van der Waals surface area (Å²) in [4.78, 5) is 41.2. The highest BCUT2D eigenvalue weighted by Gasteiger charge is 2.36. The summed E-state index contributed by atoms with van der Waals surface area (Å²) in [6.45, 7) is -1.34. The molecule has 0 radical (unpaired) electrons. The molecule has 1 fully saturated rings. The third-order valence-corrected chi connectivity index (χ3v) is 5.87. The molecule has 4 N–H and O–H groups in total. The molecule has 37 heavy (non-hydrogen) atoms. The van der Waals surface area contributed by atoms with E-state index in [1.165, 1.54) is 47.4 Å². The van der Waals surface area contributed by atoms with Crippen molar-refractivity contribution in [1.29, 1.82) is 0 Å². The van der Waals surface area contributed by atoms with Crippen molar-refractivity contribution < 1.29 is 42.8 Å². The monoisotopic (exact) mass is 521 g/mol. The first kappa shape index (κ1) is 26.0. The fraction of sp³-hybridized carbons (Fsp3) is 0.292. The lowest BCUT2D eigenvalue weighted by molar-refractivity contribution is -0.137. The van der Waals surface area contributed by atoms with Gasteiger partial charge in [0.1, 0.15) is 6.10 Å². The van der Waals surface area contributed by atoms with Crippen LogP contribution in [0.1, 0.15) is 5.56 Å². The lowest BCUT2D eigenvalue weighted by Gasteiger charge is -2.23. The van der Waals surface area contributed by atoms with Crippen LogP contribution in [0.15, 0.2) is 53.3 Å². The summed E-state index contributed by atoms with van der Waals surface area (Å²) < 4.78 is 45.6. The summed E-state index contributed by atoms with van der Waals surface area (Å²) in [6, 6.07) is 10.7. The number of hydrogen-bond donors (Lipinski definition) is 4. The molecule has 1 saturated heterocycles. The van der Waals surface area contributed by atoms with Crippen molar-refractivity contribution in [2.75, 3.05) is 31.1 Å². The fourth-order valence-electron chi connectivity index (χ4n) is 4.14. The normalized spacial score (nSPS) is 16.6. The number of fused-ring (bicyclic) bond motifs is 1. The number of aromatic amines is 1. The highest BCUT2D eigenvalue weighted by Crippen LogP contribution is 2.36. The van der Waals surface area contributed by atoms with Crippen LogP contribution >= 0.6 is 0 Å². The molecule has 3 aromatic rings. The average Bonchev–Trinajstić information content (AvgIpc) is 3.22. The van der Waals surface area contributed by atoms with E-state index in [0.717, 1.165) is 11.0 Å². The number of nitrogens with zero attached hydrogens (tertiary/aromatic N) is 2. The van der Waals surface area contributed by atoms with Gasteiger partial charge in [0.15, 0.2) is 0 Å². The van der Waals surface area contributed by atoms with Gasteiger partial charge in [-0.1, -0.05) is 24.3 Å². The van der Waals surface area contributed by atoms with Gasteiger partial charge in [-0.3, -0.25) is 9.69 Å². The summed E-state index contributed by atoms with van der Waals surface area (Å²) in [5.41, 5.74) is -1.48. The molecule has 1 aromatic heterocycles. The molecule has 0 spiro atoms. The van der Waals surface area contributed by atoms with Gasteiger partial charge in [-0.05, 0) is 29.7 Å². The third kappa shape index (κ3) is 5.52. The van der Waals surface area contributed by atoms with Crippen molar-refractivity contribution in [2.24, 2.45) is 0 Å². The molecule has 0 bridgehead atoms. The molecule has 1 unspecified atom stereocenters. The van der Waals surface area contributed by atoms with E-state index in [4.69, 9.17) is 9.84 Å². The summed E-state index contributed by atoms with van der Waals surface area (Å²) in [5.74, 6) is 0. The average molecular weight is 521 g/mol. The van der Waals surface area contributed by atoms with E-state index in [-0.39, 0.29) is 42.0 Å². The molecule has 2 amide bonds. The maximum absolute atomic E-state index is 13.4. The lowest BCUT2D eigenvalue weighted by Crippen LogP contribution is -2.43. The SMILES string of the molecule is O=C(O)N(CC(O)CO)C[C@@H]1CN(c2ccc3cc(-c4ccccc4C(F)(F)F)[nH]c(=O)c3c2)C(=O)O1. The van der Waals surface area contributed by atoms with E-state index in [1.54, 1.807) is 0 Å². The number of aliphatic hydroxyl groups is 2. The molecule has 0 saturated carbocycles. The Hall–Kier alpha value is -4.10. The van der Waals surface area contributed by atoms with Crippen molar-refractivity contribution in [1.82, 2.24) is 9.88 Å². The second-order valence-electron chi connectivity index (χ2n) is 8.47. The number of ether oxygens (including phenoxy) is 1. The topological polar surface area (TPSA) is 143 Å². The number of nitrogens with one attached hydrogen (secondary N) is 1. The number of carbonyl (C=O) groups excluding carboxylic acids is 1. The Morgan fingerprint density at radius 2 is 1.92 bits per heavy atom. The molecule has 196 valence electrons. The predicted molar refractivity (Wildman–Crippen MR) is 125 cm³/mol. The largest absolute Gasteiger partial charge is 0.465 e. The Kier molecular flexibility index (Phi) is 7.09. The minimum atomic E-state index is -4.62. The van der Waals surface area contributed by atoms with Gasteiger partial charge in [-0.25, -0.2) is 9.59 Å². The molecule has 10 nitrogen and oxygen atoms in total. The molecule has 2 heterocycles. The number of amides is 2. The number of anilines is 1. The smallest absolute Gasteiger partial charge is 0.417 e. The van der Waals surface area contributed by atoms with E-state index in [0.29, 0.717) is 5.39 Å². The number of alkyl halides is 3. The van der Waals surface area contributed by atoms with Gasteiger partial charge in [-0.2, -0.15) is 13.2 Å². The first-order valence-corrected chi connectivity index (χ1v) is 11.1. The summed E-state index contributed by atoms with van der Waals surface area (Å²) in [5, 5.41) is 28.3. The molecule has 2 atom stereocenters. The molecule has 1 aliphatic heterocycles. The van der Waals surface area contributed by atoms with Crippen LogP contribution in [-0.2, 0) is 10.9 Å². The number of carbonyl (C=O) groups is 2. The maximum atomic E-state index is 13.4. The highest BCUT2D eigenvalue weighted by molar-refractivity contribution is 5.95. The molecule has 0 aliphatic carbocycles. The van der Waals surface area contributed by atoms with Gasteiger partial charge >= 0.3 is 18.4 Å². The number of benzene rings is 2. The Morgan fingerprint density at radius 1 is 1.19 bits per heavy atom. The number of carboxylic acid groups (broad SMARTS) is 1. The van der Waals surface area contributed by atoms with E-state index < -0.39 is 48.3 Å². The predicted octanol–water partition coefficient (Wildman–Crippen LogP) is 2.87. The van der Waals surface area contributed by atoms with Crippen molar-refractivity contribution in [2.45, 2.75) is 18.4 Å². The summed E-state index contributed by atoms with van der Waals surface area (Å²) in [7, 11) is 0. The highest BCUT2D eigenvalue weighted by atomic mass is 19.4. The first-order chi connectivity index (χ1) is 17.5. The Bertz CT molecular complexity index is 1390. The summed E-state index contributed by atoms with van der Waals surface area (Å²) >= 11 is 0. The number of rotatable bonds is 7. The van der Waals surface area contributed by atoms with E-state index in [9.17, 15) is 37.8 Å². The van der Waals surface area contributed by atoms with Gasteiger partial charge in [0.05, 0.1) is 37.9 Å². The van der Waals surface area contributed by atoms with Gasteiger partial charge in [-0.15, -0.1) is 0 Å². The fourth-order valence-corrected chi connectivity index (χ4v) is 4.14. The second-order valence-corrected chi connectivity index (χ2v) is 8.47. The summed E-state index contributed by atoms with van der Waals surface area (Å²) in [6.07, 6.45) is -8.97. The van der Waals surface area contributed by atoms with Crippen LogP contribution in [0.2, 0.25) is 0 Å². The van der Waals surface area contributed by atoms with Crippen LogP contribution in [0, 0.1) is 0 Å². The van der Waals surface area contributed by atoms with Crippen LogP contribution < -0.4 is 10.5 Å². The van der Waals surface area contributed by atoms with Crippen LogP contribution in [0.4, 0.5) is 28.4 Å². The van der Waals surface area contributed by atoms with Gasteiger partial charge < -0.3 is 29.9 Å². The zero-order chi connectivity index (χ0) is 26.9. The molecular formula is C24H22F3N3O7. The molecule has 1 aliphatic rings. The van der Waals surface area contributed by atoms with Crippen LogP contribution in [0.3, 0.4) is 0 Å². The number of H-pyrrole nitrogens is 1. The standard InChI is InChI=1S/C24H22F3N3O7/c25-24(26,27)19-4-2-1-3-17(19)20-7-13-5-6-14(8-18(13)21(33)28-20)30-11-16(37-23(30)36)10-29(22(34)35)9-15(32)12-31/h1-8,15-16,31-32H,9-12H2,(H,28,33)(H,34,35)/t15?,16-/m1/s1. The zero-order valence-corrected chi connectivity index (χ0v) is 19.1. The lowest BCUT2D eigenvalue weighted by atomic mass is 10.0. The maximum Gasteiger partial charge on any atom is 0.417 e. The van der Waals surface area contributed by atoms with Crippen LogP contribution in [0.25, 0.3) is 22.0 Å². The van der Waals surface area contributed by atoms with E-state index in [1.807, 2.05) is 0 Å². The Labute approximate surface area is 207 Å². The van der Waals surface area contributed by atoms with Crippen molar-refractivity contribution >= 4 is 28.6 Å². The molecule has 2 aromatic carbocycles. The quantitative estimate of drug-likeness (QED) is 0.374. The van der Waals surface area contributed by atoms with Crippen molar-refractivity contribution in [3.8, 4) is 11.3 Å². The third-order valence-electron chi connectivity index (χ3n) is 5.87. The molecule has 4 rings (SSSR count). The molecular weight excluding hydrogens is 499 g/mol. The van der Waals surface area contributed by atoms with Crippen molar-refractivity contribution in [3.63, 3.8) is 0 Å². The molecule has 13 heteroatoms. The van der Waals surface area contributed by atoms with E-state index in [2.05, 4.69) is 4.98 Å². The zero-order valence-electron chi connectivity index (χ0n) is 19.1. The van der Waals surface area contributed by atoms with Crippen molar-refractivity contribution in [3.05, 3.63) is 64.4 Å². The minimum Gasteiger partial charge on any atom is -0.465 e. The van der Waals surface area contributed by atoms with Gasteiger partial charge in [0.2, 0.25) is 0 Å². The minimum absolute atomic E-state index is 0.0161. The first-order valence-electron chi connectivity index (χ1n) is 11.1. The Morgan fingerprint density at radius 3 is 2.59 bits per heavy atom. The van der Waals surface area contributed by atoms with Crippen LogP contribution in [-0.4, -0.2) is 75.8 Å². The number of hydrogen-bond acceptors (Lipinski definition) is 6. The van der Waals surface area contributed by atoms with Crippen LogP contribution in [0.5, 0.6) is 0 Å². The number of cyclic esters (lactones) is 1. The number of halogens is 3. The second kappa shape index (κ2) is 10.1. The van der Waals surface area contributed by atoms with E-state index >= 15 is 0 Å². The van der Waals surface area contributed by atoms with Gasteiger partial charge in [0, 0.05) is 22.3 Å². The number of aliphatic hydroxyl groups excluding tert-OH is 2. The number of aromatic nitrogens is 1.